The van der Waals surface area contributed by atoms with Gasteiger partial charge in [-0.05, 0) is 17.2 Å². The highest BCUT2D eigenvalue weighted by atomic mass is 16.3. The van der Waals surface area contributed by atoms with Gasteiger partial charge in [-0.15, -0.1) is 0 Å². The quantitative estimate of drug-likeness (QED) is 0.574. The number of H-pyrrole nitrogens is 1. The predicted octanol–water partition coefficient (Wildman–Crippen LogP) is 2.06. The van der Waals surface area contributed by atoms with Gasteiger partial charge in [0.05, 0.1) is 12.6 Å². The number of nitrogens with one attached hydrogen (secondary N) is 3. The van der Waals surface area contributed by atoms with E-state index in [1.54, 1.807) is 0 Å². The molecule has 2 amide bonds. The number of rotatable bonds is 5. The lowest BCUT2D eigenvalue weighted by atomic mass is 10.1. The van der Waals surface area contributed by atoms with Crippen LogP contribution in [0.4, 0.5) is 4.79 Å². The second-order valence-electron chi connectivity index (χ2n) is 5.68. The number of hydrogen-bond donors (Lipinski definition) is 4. The Balaban J connectivity index is 1.69. The van der Waals surface area contributed by atoms with Gasteiger partial charge in [-0.1, -0.05) is 48.5 Å². The highest BCUT2D eigenvalue weighted by Gasteiger charge is 2.13. The van der Waals surface area contributed by atoms with Crippen LogP contribution in [-0.2, 0) is 6.54 Å². The molecule has 2 aromatic carbocycles. The summed E-state index contributed by atoms with van der Waals surface area (Å²) in [5.41, 5.74) is 2.06. The Bertz CT molecular complexity index is 922. The first kappa shape index (κ1) is 16.7. The van der Waals surface area contributed by atoms with Crippen LogP contribution in [-0.4, -0.2) is 22.7 Å². The van der Waals surface area contributed by atoms with E-state index in [2.05, 4.69) is 15.6 Å². The zero-order valence-electron chi connectivity index (χ0n) is 13.5. The molecule has 0 saturated heterocycles. The Morgan fingerprint density at radius 2 is 1.80 bits per heavy atom. The van der Waals surface area contributed by atoms with Crippen molar-refractivity contribution in [1.29, 1.82) is 0 Å². The van der Waals surface area contributed by atoms with Crippen molar-refractivity contribution in [1.82, 2.24) is 15.6 Å². The fraction of sp³-hybridized carbons (Fsp3) is 0.158. The van der Waals surface area contributed by atoms with E-state index in [0.29, 0.717) is 0 Å². The summed E-state index contributed by atoms with van der Waals surface area (Å²) < 4.78 is 0. The minimum absolute atomic E-state index is 0.203. The molecule has 6 heteroatoms. The van der Waals surface area contributed by atoms with Crippen LogP contribution in [0.1, 0.15) is 17.2 Å². The number of fused-ring (bicyclic) bond motifs is 1. The van der Waals surface area contributed by atoms with Gasteiger partial charge in [0.2, 0.25) is 5.56 Å². The SMILES string of the molecule is O=C(NCc1cc(=O)[nH]c2ccccc12)NC(CO)c1ccccc1. The number of benzene rings is 2. The minimum atomic E-state index is -0.489. The molecule has 0 fully saturated rings. The average molecular weight is 337 g/mol. The van der Waals surface area contributed by atoms with E-state index < -0.39 is 12.1 Å². The molecule has 6 nitrogen and oxygen atoms in total. The molecule has 0 radical (unpaired) electrons. The first-order valence-corrected chi connectivity index (χ1v) is 7.98. The fourth-order valence-electron chi connectivity index (χ4n) is 2.73. The molecule has 0 bridgehead atoms. The Morgan fingerprint density at radius 3 is 2.56 bits per heavy atom. The molecule has 0 aliphatic rings. The second-order valence-corrected chi connectivity index (χ2v) is 5.68. The molecule has 1 heterocycles. The van der Waals surface area contributed by atoms with Crippen LogP contribution in [0.5, 0.6) is 0 Å². The van der Waals surface area contributed by atoms with Gasteiger partial charge < -0.3 is 20.7 Å². The van der Waals surface area contributed by atoms with Crippen molar-refractivity contribution < 1.29 is 9.90 Å². The summed E-state index contributed by atoms with van der Waals surface area (Å²) >= 11 is 0. The van der Waals surface area contributed by atoms with E-state index in [4.69, 9.17) is 0 Å². The van der Waals surface area contributed by atoms with Crippen molar-refractivity contribution in [2.75, 3.05) is 6.61 Å². The monoisotopic (exact) mass is 337 g/mol. The molecular formula is C19H19N3O3. The summed E-state index contributed by atoms with van der Waals surface area (Å²) in [6.45, 7) is 0.00851. The van der Waals surface area contributed by atoms with E-state index in [9.17, 15) is 14.7 Å². The molecule has 25 heavy (non-hydrogen) atoms. The van der Waals surface area contributed by atoms with Crippen LogP contribution in [0.15, 0.2) is 65.5 Å². The Kier molecular flexibility index (Phi) is 5.11. The number of carbonyl (C=O) groups is 1. The number of amides is 2. The summed E-state index contributed by atoms with van der Waals surface area (Å²) in [6.07, 6.45) is 0. The first-order chi connectivity index (χ1) is 12.2. The van der Waals surface area contributed by atoms with Crippen LogP contribution in [0.2, 0.25) is 0 Å². The number of aromatic amines is 1. The van der Waals surface area contributed by atoms with E-state index in [1.165, 1.54) is 6.07 Å². The zero-order chi connectivity index (χ0) is 17.6. The Morgan fingerprint density at radius 1 is 1.08 bits per heavy atom. The molecule has 1 unspecified atom stereocenters. The van der Waals surface area contributed by atoms with Crippen LogP contribution in [0, 0.1) is 0 Å². The third kappa shape index (κ3) is 4.05. The smallest absolute Gasteiger partial charge is 0.315 e. The third-order valence-corrected chi connectivity index (χ3v) is 3.97. The summed E-state index contributed by atoms with van der Waals surface area (Å²) in [5, 5.41) is 15.9. The second kappa shape index (κ2) is 7.63. The van der Waals surface area contributed by atoms with E-state index in [0.717, 1.165) is 22.0 Å². The van der Waals surface area contributed by atoms with E-state index in [1.807, 2.05) is 54.6 Å². The molecule has 3 aromatic rings. The summed E-state index contributed by atoms with van der Waals surface area (Å²) in [7, 11) is 0. The maximum Gasteiger partial charge on any atom is 0.315 e. The van der Waals surface area contributed by atoms with Crippen LogP contribution >= 0.6 is 0 Å². The molecule has 4 N–H and O–H groups in total. The lowest BCUT2D eigenvalue weighted by molar-refractivity contribution is 0.216. The molecule has 0 saturated carbocycles. The minimum Gasteiger partial charge on any atom is -0.394 e. The molecule has 1 aromatic heterocycles. The summed E-state index contributed by atoms with van der Waals surface area (Å²) in [5.74, 6) is 0. The van der Waals surface area contributed by atoms with Gasteiger partial charge >= 0.3 is 6.03 Å². The third-order valence-electron chi connectivity index (χ3n) is 3.97. The number of aliphatic hydroxyl groups excluding tert-OH is 1. The number of pyridine rings is 1. The largest absolute Gasteiger partial charge is 0.394 e. The van der Waals surface area contributed by atoms with E-state index >= 15 is 0 Å². The number of para-hydroxylation sites is 1. The molecule has 0 aliphatic heterocycles. The van der Waals surface area contributed by atoms with Gasteiger partial charge in [-0.2, -0.15) is 0 Å². The van der Waals surface area contributed by atoms with Crippen LogP contribution in [0.25, 0.3) is 10.9 Å². The van der Waals surface area contributed by atoms with Gasteiger partial charge in [-0.3, -0.25) is 4.79 Å². The topological polar surface area (TPSA) is 94.2 Å². The van der Waals surface area contributed by atoms with Crippen molar-refractivity contribution in [3.05, 3.63) is 82.1 Å². The van der Waals surface area contributed by atoms with Gasteiger partial charge in [0, 0.05) is 23.5 Å². The number of urea groups is 1. The lowest BCUT2D eigenvalue weighted by Gasteiger charge is -2.17. The average Bonchev–Trinajstić information content (AvgIpc) is 2.64. The van der Waals surface area contributed by atoms with Gasteiger partial charge in [0.1, 0.15) is 0 Å². The van der Waals surface area contributed by atoms with Crippen molar-refractivity contribution in [2.45, 2.75) is 12.6 Å². The predicted molar refractivity (Wildman–Crippen MR) is 96.2 cm³/mol. The van der Waals surface area contributed by atoms with Crippen LogP contribution < -0.4 is 16.2 Å². The van der Waals surface area contributed by atoms with Crippen molar-refractivity contribution in [2.24, 2.45) is 0 Å². The van der Waals surface area contributed by atoms with Crippen molar-refractivity contribution >= 4 is 16.9 Å². The number of aromatic nitrogens is 1. The fourth-order valence-corrected chi connectivity index (χ4v) is 2.73. The normalized spacial score (nSPS) is 11.9. The van der Waals surface area contributed by atoms with Gasteiger partial charge in [0.25, 0.3) is 0 Å². The van der Waals surface area contributed by atoms with Crippen molar-refractivity contribution in [3.63, 3.8) is 0 Å². The molecule has 3 rings (SSSR count). The molecule has 0 spiro atoms. The maximum atomic E-state index is 12.2. The van der Waals surface area contributed by atoms with Crippen molar-refractivity contribution in [3.8, 4) is 0 Å². The van der Waals surface area contributed by atoms with Gasteiger partial charge in [-0.25, -0.2) is 4.79 Å². The maximum absolute atomic E-state index is 12.2. The highest BCUT2D eigenvalue weighted by molar-refractivity contribution is 5.82. The van der Waals surface area contributed by atoms with Gasteiger partial charge in [0.15, 0.2) is 0 Å². The molecule has 128 valence electrons. The van der Waals surface area contributed by atoms with Crippen LogP contribution in [0.3, 0.4) is 0 Å². The molecule has 0 aliphatic carbocycles. The van der Waals surface area contributed by atoms with E-state index in [-0.39, 0.29) is 18.7 Å². The number of aliphatic hydroxyl groups is 1. The summed E-state index contributed by atoms with van der Waals surface area (Å²) in [4.78, 5) is 26.7. The lowest BCUT2D eigenvalue weighted by Crippen LogP contribution is -2.39. The number of hydrogen-bond acceptors (Lipinski definition) is 3. The first-order valence-electron chi connectivity index (χ1n) is 7.98. The summed E-state index contributed by atoms with van der Waals surface area (Å²) in [6, 6.07) is 17.2. The standard InChI is InChI=1S/C19H19N3O3/c23-12-17(13-6-2-1-3-7-13)22-19(25)20-11-14-10-18(24)21-16-9-5-4-8-15(14)16/h1-10,17,23H,11-12H2,(H,21,24)(H2,20,22,25). The Labute approximate surface area is 144 Å². The highest BCUT2D eigenvalue weighted by Crippen LogP contribution is 2.14. The molecule has 1 atom stereocenters. The zero-order valence-corrected chi connectivity index (χ0v) is 13.5. The number of carbonyl (C=O) groups excluding carboxylic acids is 1. The molecular weight excluding hydrogens is 318 g/mol. The Hall–Kier alpha value is -3.12.